The Hall–Kier alpha value is -2.44. The minimum Gasteiger partial charge on any atom is -0.490 e. The van der Waals surface area contributed by atoms with Gasteiger partial charge in [0.05, 0.1) is 13.2 Å². The number of benzene rings is 1. The summed E-state index contributed by atoms with van der Waals surface area (Å²) in [5, 5.41) is 8.20. The van der Waals surface area contributed by atoms with Gasteiger partial charge in [0.2, 0.25) is 5.91 Å². The maximum Gasteiger partial charge on any atom is 0.315 e. The molecule has 138 valence electrons. The van der Waals surface area contributed by atoms with Gasteiger partial charge in [-0.3, -0.25) is 4.79 Å². The van der Waals surface area contributed by atoms with Crippen LogP contribution in [0.3, 0.4) is 0 Å². The van der Waals surface area contributed by atoms with Crippen LogP contribution >= 0.6 is 0 Å². The Morgan fingerprint density at radius 1 is 1.16 bits per heavy atom. The van der Waals surface area contributed by atoms with Crippen LogP contribution in [-0.2, 0) is 11.3 Å². The van der Waals surface area contributed by atoms with Crippen LogP contribution in [-0.4, -0.2) is 36.7 Å². The van der Waals surface area contributed by atoms with Crippen LogP contribution in [0, 0.1) is 0 Å². The lowest BCUT2D eigenvalue weighted by molar-refractivity contribution is -0.123. The quantitative estimate of drug-likeness (QED) is 0.775. The zero-order valence-corrected chi connectivity index (χ0v) is 15.3. The average Bonchev–Trinajstić information content (AvgIpc) is 2.76. The van der Waals surface area contributed by atoms with Gasteiger partial charge in [0.1, 0.15) is 6.04 Å². The van der Waals surface area contributed by atoms with Crippen LogP contribution < -0.4 is 25.4 Å². The molecule has 2 rings (SSSR count). The molecule has 0 saturated carbocycles. The highest BCUT2D eigenvalue weighted by Crippen LogP contribution is 2.30. The summed E-state index contributed by atoms with van der Waals surface area (Å²) < 4.78 is 11.2. The molecule has 1 aromatic carbocycles. The molecule has 3 N–H and O–H groups in total. The fourth-order valence-corrected chi connectivity index (χ4v) is 2.29. The smallest absolute Gasteiger partial charge is 0.315 e. The second kappa shape index (κ2) is 8.09. The van der Waals surface area contributed by atoms with Gasteiger partial charge in [-0.05, 0) is 45.4 Å². The maximum atomic E-state index is 12.0. The number of hydrogen-bond acceptors (Lipinski definition) is 4. The van der Waals surface area contributed by atoms with Gasteiger partial charge in [-0.2, -0.15) is 0 Å². The number of rotatable bonds is 4. The number of fused-ring (bicyclic) bond motifs is 1. The SMILES string of the molecule is C[C@H](NC(=O)NCc1ccc2c(c1)OCCCO2)C(=O)NC(C)(C)C. The fourth-order valence-electron chi connectivity index (χ4n) is 2.29. The molecule has 1 heterocycles. The molecule has 0 fully saturated rings. The first-order valence-electron chi connectivity index (χ1n) is 8.49. The van der Waals surface area contributed by atoms with E-state index in [1.54, 1.807) is 6.92 Å². The molecule has 7 heteroatoms. The molecular formula is C18H27N3O4. The Bertz CT molecular complexity index is 625. The Morgan fingerprint density at radius 3 is 2.52 bits per heavy atom. The summed E-state index contributed by atoms with van der Waals surface area (Å²) >= 11 is 0. The number of carbonyl (C=O) groups is 2. The standard InChI is InChI=1S/C18H27N3O4/c1-12(16(22)21-18(2,3)4)20-17(23)19-11-13-6-7-14-15(10-13)25-9-5-8-24-14/h6-7,10,12H,5,8-9,11H2,1-4H3,(H,21,22)(H2,19,20,23)/t12-/m0/s1. The van der Waals surface area contributed by atoms with E-state index in [1.807, 2.05) is 39.0 Å². The van der Waals surface area contributed by atoms with Gasteiger partial charge in [0.25, 0.3) is 0 Å². The highest BCUT2D eigenvalue weighted by atomic mass is 16.5. The van der Waals surface area contributed by atoms with Gasteiger partial charge in [-0.1, -0.05) is 6.07 Å². The molecule has 0 bridgehead atoms. The van der Waals surface area contributed by atoms with Crippen molar-refractivity contribution in [2.24, 2.45) is 0 Å². The predicted octanol–water partition coefficient (Wildman–Crippen LogP) is 1.95. The normalized spacial score (nSPS) is 14.9. The van der Waals surface area contributed by atoms with Crippen molar-refractivity contribution in [1.29, 1.82) is 0 Å². The van der Waals surface area contributed by atoms with E-state index < -0.39 is 12.1 Å². The zero-order chi connectivity index (χ0) is 18.4. The lowest BCUT2D eigenvalue weighted by Gasteiger charge is -2.23. The first kappa shape index (κ1) is 18.9. The van der Waals surface area contributed by atoms with Crippen molar-refractivity contribution in [3.8, 4) is 11.5 Å². The summed E-state index contributed by atoms with van der Waals surface area (Å²) in [5.41, 5.74) is 0.555. The highest BCUT2D eigenvalue weighted by molar-refractivity contribution is 5.87. The second-order valence-corrected chi connectivity index (χ2v) is 7.12. The molecule has 3 amide bonds. The van der Waals surface area contributed by atoms with Gasteiger partial charge in [0.15, 0.2) is 11.5 Å². The van der Waals surface area contributed by atoms with Crippen LogP contribution in [0.2, 0.25) is 0 Å². The third-order valence-corrected chi connectivity index (χ3v) is 3.50. The fraction of sp³-hybridized carbons (Fsp3) is 0.556. The molecular weight excluding hydrogens is 322 g/mol. The van der Waals surface area contributed by atoms with Crippen LogP contribution in [0.15, 0.2) is 18.2 Å². The van der Waals surface area contributed by atoms with Gasteiger partial charge in [0, 0.05) is 18.5 Å². The van der Waals surface area contributed by atoms with Crippen molar-refractivity contribution < 1.29 is 19.1 Å². The van der Waals surface area contributed by atoms with Crippen molar-refractivity contribution in [3.63, 3.8) is 0 Å². The molecule has 0 unspecified atom stereocenters. The molecule has 0 aromatic heterocycles. The van der Waals surface area contributed by atoms with Crippen molar-refractivity contribution in [1.82, 2.24) is 16.0 Å². The van der Waals surface area contributed by atoms with Crippen molar-refractivity contribution in [3.05, 3.63) is 23.8 Å². The monoisotopic (exact) mass is 349 g/mol. The highest BCUT2D eigenvalue weighted by Gasteiger charge is 2.20. The van der Waals surface area contributed by atoms with E-state index >= 15 is 0 Å². The summed E-state index contributed by atoms with van der Waals surface area (Å²) in [6.07, 6.45) is 0.846. The third-order valence-electron chi connectivity index (χ3n) is 3.50. The number of ether oxygens (including phenoxy) is 2. The average molecular weight is 349 g/mol. The Labute approximate surface area is 148 Å². The number of hydrogen-bond donors (Lipinski definition) is 3. The van der Waals surface area contributed by atoms with Gasteiger partial charge in [-0.25, -0.2) is 4.79 Å². The maximum absolute atomic E-state index is 12.0. The molecule has 0 saturated heterocycles. The Morgan fingerprint density at radius 2 is 1.84 bits per heavy atom. The van der Waals surface area contributed by atoms with E-state index in [9.17, 15) is 9.59 Å². The molecule has 1 aliphatic heterocycles. The van der Waals surface area contributed by atoms with Crippen LogP contribution in [0.5, 0.6) is 11.5 Å². The van der Waals surface area contributed by atoms with E-state index in [1.165, 1.54) is 0 Å². The Balaban J connectivity index is 1.83. The molecule has 1 aromatic rings. The number of amides is 3. The minimum atomic E-state index is -0.622. The van der Waals surface area contributed by atoms with Crippen LogP contribution in [0.1, 0.15) is 39.7 Å². The van der Waals surface area contributed by atoms with E-state index in [4.69, 9.17) is 9.47 Å². The lowest BCUT2D eigenvalue weighted by atomic mass is 10.1. The summed E-state index contributed by atoms with van der Waals surface area (Å²) in [4.78, 5) is 24.0. The minimum absolute atomic E-state index is 0.224. The van der Waals surface area contributed by atoms with Crippen LogP contribution in [0.25, 0.3) is 0 Å². The van der Waals surface area contributed by atoms with E-state index in [0.29, 0.717) is 25.5 Å². The van der Waals surface area contributed by atoms with Crippen molar-refractivity contribution in [2.75, 3.05) is 13.2 Å². The van der Waals surface area contributed by atoms with E-state index in [-0.39, 0.29) is 11.4 Å². The van der Waals surface area contributed by atoms with Gasteiger partial charge >= 0.3 is 6.03 Å². The summed E-state index contributed by atoms with van der Waals surface area (Å²) in [6, 6.07) is 4.56. The first-order chi connectivity index (χ1) is 11.7. The van der Waals surface area contributed by atoms with Crippen molar-refractivity contribution in [2.45, 2.75) is 52.2 Å². The second-order valence-electron chi connectivity index (χ2n) is 7.12. The molecule has 25 heavy (non-hydrogen) atoms. The van der Waals surface area contributed by atoms with E-state index in [0.717, 1.165) is 17.7 Å². The molecule has 0 radical (unpaired) electrons. The van der Waals surface area contributed by atoms with Crippen LogP contribution in [0.4, 0.5) is 4.79 Å². The Kier molecular flexibility index (Phi) is 6.12. The van der Waals surface area contributed by atoms with E-state index in [2.05, 4.69) is 16.0 Å². The molecule has 0 spiro atoms. The number of nitrogens with one attached hydrogen (secondary N) is 3. The predicted molar refractivity (Wildman–Crippen MR) is 94.8 cm³/mol. The lowest BCUT2D eigenvalue weighted by Crippen LogP contribution is -2.52. The van der Waals surface area contributed by atoms with Gasteiger partial charge < -0.3 is 25.4 Å². The first-order valence-corrected chi connectivity index (χ1v) is 8.49. The zero-order valence-electron chi connectivity index (χ0n) is 15.3. The molecule has 7 nitrogen and oxygen atoms in total. The largest absolute Gasteiger partial charge is 0.490 e. The number of urea groups is 1. The third kappa shape index (κ3) is 6.17. The summed E-state index contributed by atoms with van der Waals surface area (Å²) in [5.74, 6) is 1.19. The topological polar surface area (TPSA) is 88.7 Å². The number of carbonyl (C=O) groups excluding carboxylic acids is 2. The summed E-state index contributed by atoms with van der Waals surface area (Å²) in [6.45, 7) is 8.90. The van der Waals surface area contributed by atoms with Gasteiger partial charge in [-0.15, -0.1) is 0 Å². The molecule has 0 aliphatic carbocycles. The summed E-state index contributed by atoms with van der Waals surface area (Å²) in [7, 11) is 0. The van der Waals surface area contributed by atoms with Crippen molar-refractivity contribution >= 4 is 11.9 Å². The molecule has 1 aliphatic rings. The molecule has 1 atom stereocenters.